The lowest BCUT2D eigenvalue weighted by Gasteiger charge is -2.15. The molecule has 2 rings (SSSR count). The largest absolute Gasteiger partial charge is 0.270 e. The standard InChI is InChI=1S/C9H11BrN6/c1-16-9(6(10)4-14-16)8(15-11)7-5-12-2-3-13-7/h2-5,8,15H,11H2,1H3. The summed E-state index contributed by atoms with van der Waals surface area (Å²) in [4.78, 5) is 8.24. The Balaban J connectivity index is 2.45. The van der Waals surface area contributed by atoms with E-state index in [1.54, 1.807) is 29.5 Å². The molecule has 0 aromatic carbocycles. The van der Waals surface area contributed by atoms with Crippen LogP contribution < -0.4 is 11.3 Å². The first kappa shape index (κ1) is 11.2. The van der Waals surface area contributed by atoms with Gasteiger partial charge in [-0.1, -0.05) is 0 Å². The maximum atomic E-state index is 5.55. The van der Waals surface area contributed by atoms with Gasteiger partial charge >= 0.3 is 0 Å². The van der Waals surface area contributed by atoms with Crippen LogP contribution in [-0.2, 0) is 7.05 Å². The van der Waals surface area contributed by atoms with E-state index >= 15 is 0 Å². The molecule has 0 aliphatic rings. The minimum Gasteiger partial charge on any atom is -0.270 e. The number of hydrazine groups is 1. The first-order valence-corrected chi connectivity index (χ1v) is 5.42. The lowest BCUT2D eigenvalue weighted by molar-refractivity contribution is 0.560. The molecule has 6 nitrogen and oxygen atoms in total. The summed E-state index contributed by atoms with van der Waals surface area (Å²) in [6, 6.07) is -0.240. The molecule has 0 spiro atoms. The van der Waals surface area contributed by atoms with E-state index in [0.29, 0.717) is 0 Å². The monoisotopic (exact) mass is 282 g/mol. The van der Waals surface area contributed by atoms with Crippen LogP contribution in [0.25, 0.3) is 0 Å². The van der Waals surface area contributed by atoms with E-state index in [-0.39, 0.29) is 6.04 Å². The molecule has 0 fully saturated rings. The molecule has 3 N–H and O–H groups in total. The molecule has 0 aliphatic heterocycles. The fraction of sp³-hybridized carbons (Fsp3) is 0.222. The van der Waals surface area contributed by atoms with Crippen molar-refractivity contribution in [3.05, 3.63) is 40.6 Å². The summed E-state index contributed by atoms with van der Waals surface area (Å²) in [6.07, 6.45) is 6.64. The number of aryl methyl sites for hydroxylation is 1. The third-order valence-electron chi connectivity index (χ3n) is 2.26. The molecule has 0 bridgehead atoms. The van der Waals surface area contributed by atoms with Crippen LogP contribution in [0.5, 0.6) is 0 Å². The molecule has 0 amide bonds. The van der Waals surface area contributed by atoms with Gasteiger partial charge < -0.3 is 0 Å². The van der Waals surface area contributed by atoms with Crippen molar-refractivity contribution in [1.29, 1.82) is 0 Å². The highest BCUT2D eigenvalue weighted by atomic mass is 79.9. The third-order valence-corrected chi connectivity index (χ3v) is 2.87. The van der Waals surface area contributed by atoms with Crippen molar-refractivity contribution in [1.82, 2.24) is 25.2 Å². The zero-order valence-corrected chi connectivity index (χ0v) is 10.2. The highest BCUT2D eigenvalue weighted by molar-refractivity contribution is 9.10. The summed E-state index contributed by atoms with van der Waals surface area (Å²) in [7, 11) is 1.85. The summed E-state index contributed by atoms with van der Waals surface area (Å²) < 4.78 is 2.62. The van der Waals surface area contributed by atoms with E-state index < -0.39 is 0 Å². The van der Waals surface area contributed by atoms with Crippen molar-refractivity contribution >= 4 is 15.9 Å². The Morgan fingerprint density at radius 2 is 2.25 bits per heavy atom. The van der Waals surface area contributed by atoms with Crippen molar-refractivity contribution in [2.75, 3.05) is 0 Å². The lowest BCUT2D eigenvalue weighted by atomic mass is 10.1. The van der Waals surface area contributed by atoms with Crippen LogP contribution in [0.1, 0.15) is 17.4 Å². The predicted molar refractivity (Wildman–Crippen MR) is 62.1 cm³/mol. The van der Waals surface area contributed by atoms with Crippen LogP contribution in [0.15, 0.2) is 29.3 Å². The predicted octanol–water partition coefficient (Wildman–Crippen LogP) is 0.525. The zero-order chi connectivity index (χ0) is 11.5. The molecule has 1 unspecified atom stereocenters. The molecular formula is C9H11BrN6. The molecule has 0 saturated heterocycles. The molecule has 0 radical (unpaired) electrons. The van der Waals surface area contributed by atoms with Gasteiger partial charge in [0.25, 0.3) is 0 Å². The van der Waals surface area contributed by atoms with Crippen molar-refractivity contribution < 1.29 is 0 Å². The second kappa shape index (κ2) is 4.69. The Hall–Kier alpha value is -1.31. The first-order chi connectivity index (χ1) is 7.74. The average Bonchev–Trinajstić information content (AvgIpc) is 2.63. The molecule has 0 aliphatic carbocycles. The van der Waals surface area contributed by atoms with E-state index in [1.165, 1.54) is 0 Å². The number of aromatic nitrogens is 4. The van der Waals surface area contributed by atoms with E-state index in [9.17, 15) is 0 Å². The fourth-order valence-corrected chi connectivity index (χ4v) is 2.09. The van der Waals surface area contributed by atoms with Crippen LogP contribution in [0.3, 0.4) is 0 Å². The van der Waals surface area contributed by atoms with Gasteiger partial charge in [0, 0.05) is 19.4 Å². The van der Waals surface area contributed by atoms with Crippen LogP contribution in [0.4, 0.5) is 0 Å². The minimum absolute atomic E-state index is 0.240. The Labute approximate surface area is 101 Å². The smallest absolute Gasteiger partial charge is 0.108 e. The van der Waals surface area contributed by atoms with Gasteiger partial charge in [0.1, 0.15) is 6.04 Å². The number of nitrogens with zero attached hydrogens (tertiary/aromatic N) is 4. The average molecular weight is 283 g/mol. The summed E-state index contributed by atoms with van der Waals surface area (Å²) in [5, 5.41) is 4.14. The number of hydrogen-bond acceptors (Lipinski definition) is 5. The molecular weight excluding hydrogens is 272 g/mol. The summed E-state index contributed by atoms with van der Waals surface area (Å²) in [5.41, 5.74) is 4.36. The minimum atomic E-state index is -0.240. The van der Waals surface area contributed by atoms with Gasteiger partial charge in [0.05, 0.1) is 28.3 Å². The quantitative estimate of drug-likeness (QED) is 0.634. The zero-order valence-electron chi connectivity index (χ0n) is 8.63. The first-order valence-electron chi connectivity index (χ1n) is 4.63. The lowest BCUT2D eigenvalue weighted by Crippen LogP contribution is -2.31. The Morgan fingerprint density at radius 1 is 1.44 bits per heavy atom. The SMILES string of the molecule is Cn1ncc(Br)c1C(NN)c1cnccn1. The fourth-order valence-electron chi connectivity index (χ4n) is 1.51. The van der Waals surface area contributed by atoms with Gasteiger partial charge in [-0.25, -0.2) is 5.43 Å². The normalized spacial score (nSPS) is 12.7. The van der Waals surface area contributed by atoms with Crippen molar-refractivity contribution in [2.24, 2.45) is 12.9 Å². The van der Waals surface area contributed by atoms with Crippen molar-refractivity contribution in [3.63, 3.8) is 0 Å². The maximum absolute atomic E-state index is 5.55. The molecule has 2 aromatic heterocycles. The van der Waals surface area contributed by atoms with Crippen LogP contribution in [-0.4, -0.2) is 19.7 Å². The highest BCUT2D eigenvalue weighted by Crippen LogP contribution is 2.25. The van der Waals surface area contributed by atoms with E-state index in [2.05, 4.69) is 36.4 Å². The number of hydrogen-bond donors (Lipinski definition) is 2. The van der Waals surface area contributed by atoms with Gasteiger partial charge in [-0.2, -0.15) is 5.10 Å². The number of nitrogens with one attached hydrogen (secondary N) is 1. The van der Waals surface area contributed by atoms with Crippen LogP contribution in [0, 0.1) is 0 Å². The Kier molecular flexibility index (Phi) is 3.28. The molecule has 2 heterocycles. The molecule has 1 atom stereocenters. The molecule has 16 heavy (non-hydrogen) atoms. The topological polar surface area (TPSA) is 81.7 Å². The Bertz CT molecular complexity index is 449. The summed E-state index contributed by atoms with van der Waals surface area (Å²) in [6.45, 7) is 0. The van der Waals surface area contributed by atoms with Crippen LogP contribution >= 0.6 is 15.9 Å². The second-order valence-corrected chi connectivity index (χ2v) is 4.09. The van der Waals surface area contributed by atoms with Gasteiger partial charge in [-0.15, -0.1) is 0 Å². The molecule has 2 aromatic rings. The molecule has 84 valence electrons. The van der Waals surface area contributed by atoms with Gasteiger partial charge in [-0.05, 0) is 15.9 Å². The van der Waals surface area contributed by atoms with Gasteiger partial charge in [-0.3, -0.25) is 20.5 Å². The van der Waals surface area contributed by atoms with Crippen molar-refractivity contribution in [2.45, 2.75) is 6.04 Å². The van der Waals surface area contributed by atoms with Crippen LogP contribution in [0.2, 0.25) is 0 Å². The molecule has 7 heteroatoms. The highest BCUT2D eigenvalue weighted by Gasteiger charge is 2.20. The summed E-state index contributed by atoms with van der Waals surface area (Å²) >= 11 is 3.43. The number of nitrogens with two attached hydrogens (primary N) is 1. The van der Waals surface area contributed by atoms with Gasteiger partial charge in [0.2, 0.25) is 0 Å². The maximum Gasteiger partial charge on any atom is 0.108 e. The van der Waals surface area contributed by atoms with E-state index in [1.807, 2.05) is 7.05 Å². The molecule has 0 saturated carbocycles. The number of halogens is 1. The number of rotatable bonds is 3. The Morgan fingerprint density at radius 3 is 2.75 bits per heavy atom. The van der Waals surface area contributed by atoms with Gasteiger partial charge in [0.15, 0.2) is 0 Å². The van der Waals surface area contributed by atoms with E-state index in [4.69, 9.17) is 5.84 Å². The third kappa shape index (κ3) is 1.97. The van der Waals surface area contributed by atoms with Crippen molar-refractivity contribution in [3.8, 4) is 0 Å². The van der Waals surface area contributed by atoms with E-state index in [0.717, 1.165) is 15.9 Å². The summed E-state index contributed by atoms with van der Waals surface area (Å²) in [5.74, 6) is 5.55. The second-order valence-electron chi connectivity index (χ2n) is 3.23.